The second kappa shape index (κ2) is 6.82. The molecule has 0 spiro atoms. The van der Waals surface area contributed by atoms with Crippen LogP contribution in [0.3, 0.4) is 0 Å². The number of sulfonamides is 1. The molecule has 1 aliphatic heterocycles. The number of primary sulfonamides is 1. The Morgan fingerprint density at radius 2 is 2.09 bits per heavy atom. The fraction of sp³-hybridized carbons (Fsp3) is 0.818. The molecule has 1 fully saturated rings. The Labute approximate surface area is 125 Å². The SMILES string of the molecule is CCOC(=O)CC(N1CC(CS(N)(=O)=O)CC1=O)C(F)(F)F. The standard InChI is InChI=1S/C11H17F3N2O5S/c1-2-21-10(18)4-8(11(12,13)14)16-5-7(3-9(16)17)6-22(15,19)20/h7-8H,2-6H2,1H3,(H2,15,19,20). The van der Waals surface area contributed by atoms with Gasteiger partial charge in [0, 0.05) is 18.9 Å². The predicted molar refractivity (Wildman–Crippen MR) is 68.9 cm³/mol. The summed E-state index contributed by atoms with van der Waals surface area (Å²) in [5.41, 5.74) is 0. The molecular weight excluding hydrogens is 329 g/mol. The van der Waals surface area contributed by atoms with Crippen LogP contribution in [0.5, 0.6) is 0 Å². The number of nitrogens with zero attached hydrogens (tertiary/aromatic N) is 1. The molecular formula is C11H17F3N2O5S. The zero-order chi connectivity index (χ0) is 17.1. The van der Waals surface area contributed by atoms with Crippen LogP contribution >= 0.6 is 0 Å². The molecule has 0 radical (unpaired) electrons. The number of alkyl halides is 3. The molecule has 1 saturated heterocycles. The highest BCUT2D eigenvalue weighted by Crippen LogP contribution is 2.32. The van der Waals surface area contributed by atoms with Crippen molar-refractivity contribution in [3.8, 4) is 0 Å². The summed E-state index contributed by atoms with van der Waals surface area (Å²) in [6.45, 7) is 0.952. The first kappa shape index (κ1) is 18.7. The van der Waals surface area contributed by atoms with Crippen LogP contribution in [-0.4, -0.2) is 56.3 Å². The van der Waals surface area contributed by atoms with Crippen LogP contribution in [0.4, 0.5) is 13.2 Å². The lowest BCUT2D eigenvalue weighted by molar-refractivity contribution is -0.193. The van der Waals surface area contributed by atoms with E-state index in [1.54, 1.807) is 0 Å². The van der Waals surface area contributed by atoms with E-state index in [-0.39, 0.29) is 13.0 Å². The zero-order valence-corrected chi connectivity index (χ0v) is 12.6. The van der Waals surface area contributed by atoms with Crippen molar-refractivity contribution in [2.75, 3.05) is 18.9 Å². The Hall–Kier alpha value is -1.36. The van der Waals surface area contributed by atoms with Gasteiger partial charge in [0.2, 0.25) is 15.9 Å². The van der Waals surface area contributed by atoms with Crippen molar-refractivity contribution < 1.29 is 35.9 Å². The van der Waals surface area contributed by atoms with Crippen LogP contribution < -0.4 is 5.14 Å². The molecule has 128 valence electrons. The average molecular weight is 346 g/mol. The van der Waals surface area contributed by atoms with Gasteiger partial charge in [0.1, 0.15) is 6.04 Å². The third kappa shape index (κ3) is 5.44. The maximum Gasteiger partial charge on any atom is 0.409 e. The summed E-state index contributed by atoms with van der Waals surface area (Å²) >= 11 is 0. The molecule has 0 aromatic carbocycles. The summed E-state index contributed by atoms with van der Waals surface area (Å²) in [5.74, 6) is -3.35. The predicted octanol–water partition coefficient (Wildman–Crippen LogP) is 0.00750. The number of carbonyl (C=O) groups is 2. The molecule has 1 rings (SSSR count). The molecule has 2 N–H and O–H groups in total. The van der Waals surface area contributed by atoms with Crippen LogP contribution in [0.1, 0.15) is 19.8 Å². The van der Waals surface area contributed by atoms with E-state index in [2.05, 4.69) is 4.74 Å². The summed E-state index contributed by atoms with van der Waals surface area (Å²) in [6.07, 6.45) is -6.20. The van der Waals surface area contributed by atoms with Gasteiger partial charge in [-0.05, 0) is 6.92 Å². The number of nitrogens with two attached hydrogens (primary N) is 1. The van der Waals surface area contributed by atoms with Gasteiger partial charge >= 0.3 is 12.1 Å². The Morgan fingerprint density at radius 1 is 1.50 bits per heavy atom. The molecule has 0 aromatic rings. The van der Waals surface area contributed by atoms with E-state index in [9.17, 15) is 31.2 Å². The van der Waals surface area contributed by atoms with Crippen molar-refractivity contribution in [2.24, 2.45) is 11.1 Å². The first-order valence-electron chi connectivity index (χ1n) is 6.46. The van der Waals surface area contributed by atoms with Crippen LogP contribution in [-0.2, 0) is 24.3 Å². The molecule has 0 aromatic heterocycles. The van der Waals surface area contributed by atoms with Crippen LogP contribution in [0.2, 0.25) is 0 Å². The fourth-order valence-corrected chi connectivity index (χ4v) is 3.21. The summed E-state index contributed by atoms with van der Waals surface area (Å²) < 4.78 is 65.6. The van der Waals surface area contributed by atoms with E-state index < -0.39 is 58.8 Å². The van der Waals surface area contributed by atoms with Gasteiger partial charge < -0.3 is 9.64 Å². The highest BCUT2D eigenvalue weighted by Gasteiger charge is 2.49. The second-order valence-electron chi connectivity index (χ2n) is 5.01. The number of ether oxygens (including phenoxy) is 1. The first-order valence-corrected chi connectivity index (χ1v) is 8.18. The minimum Gasteiger partial charge on any atom is -0.466 e. The summed E-state index contributed by atoms with van der Waals surface area (Å²) in [7, 11) is -3.90. The first-order chi connectivity index (χ1) is 9.94. The Bertz CT molecular complexity index is 534. The molecule has 2 atom stereocenters. The third-order valence-corrected chi connectivity index (χ3v) is 4.06. The molecule has 0 bridgehead atoms. The maximum atomic E-state index is 13.1. The Morgan fingerprint density at radius 3 is 2.55 bits per heavy atom. The summed E-state index contributed by atoms with van der Waals surface area (Å²) in [6, 6.07) is -2.33. The quantitative estimate of drug-likeness (QED) is 0.682. The van der Waals surface area contributed by atoms with Gasteiger partial charge in [-0.2, -0.15) is 13.2 Å². The van der Waals surface area contributed by atoms with Crippen molar-refractivity contribution in [1.82, 2.24) is 4.90 Å². The largest absolute Gasteiger partial charge is 0.466 e. The minimum atomic E-state index is -4.82. The summed E-state index contributed by atoms with van der Waals surface area (Å²) in [5, 5.41) is 4.83. The van der Waals surface area contributed by atoms with E-state index in [1.165, 1.54) is 6.92 Å². The molecule has 11 heteroatoms. The van der Waals surface area contributed by atoms with E-state index in [0.29, 0.717) is 4.90 Å². The number of rotatable bonds is 6. The van der Waals surface area contributed by atoms with Gasteiger partial charge in [-0.1, -0.05) is 0 Å². The lowest BCUT2D eigenvalue weighted by atomic mass is 10.1. The smallest absolute Gasteiger partial charge is 0.409 e. The monoisotopic (exact) mass is 346 g/mol. The average Bonchev–Trinajstić information content (AvgIpc) is 2.63. The molecule has 0 aliphatic carbocycles. The van der Waals surface area contributed by atoms with Gasteiger partial charge in [-0.3, -0.25) is 9.59 Å². The second-order valence-corrected chi connectivity index (χ2v) is 6.67. The summed E-state index contributed by atoms with van der Waals surface area (Å²) in [4.78, 5) is 23.5. The molecule has 1 heterocycles. The third-order valence-electron chi connectivity index (χ3n) is 3.13. The molecule has 7 nitrogen and oxygen atoms in total. The highest BCUT2D eigenvalue weighted by atomic mass is 32.2. The van der Waals surface area contributed by atoms with E-state index in [1.807, 2.05) is 0 Å². The van der Waals surface area contributed by atoms with Crippen molar-refractivity contribution in [3.05, 3.63) is 0 Å². The van der Waals surface area contributed by atoms with Crippen LogP contribution in [0.15, 0.2) is 0 Å². The molecule has 0 saturated carbocycles. The van der Waals surface area contributed by atoms with Gasteiger partial charge in [-0.25, -0.2) is 13.6 Å². The number of likely N-dealkylation sites (tertiary alicyclic amines) is 1. The number of halogens is 3. The lowest BCUT2D eigenvalue weighted by Crippen LogP contribution is -2.48. The number of amides is 1. The Kier molecular flexibility index (Phi) is 5.79. The number of hydrogen-bond acceptors (Lipinski definition) is 5. The van der Waals surface area contributed by atoms with E-state index in [4.69, 9.17) is 5.14 Å². The maximum absolute atomic E-state index is 13.1. The van der Waals surface area contributed by atoms with Crippen molar-refractivity contribution in [3.63, 3.8) is 0 Å². The van der Waals surface area contributed by atoms with Crippen molar-refractivity contribution in [1.29, 1.82) is 0 Å². The van der Waals surface area contributed by atoms with Gasteiger partial charge in [0.15, 0.2) is 0 Å². The van der Waals surface area contributed by atoms with E-state index >= 15 is 0 Å². The molecule has 2 unspecified atom stereocenters. The van der Waals surface area contributed by atoms with Gasteiger partial charge in [-0.15, -0.1) is 0 Å². The van der Waals surface area contributed by atoms with E-state index in [0.717, 1.165) is 0 Å². The Balaban J connectivity index is 2.87. The van der Waals surface area contributed by atoms with Crippen molar-refractivity contribution >= 4 is 21.9 Å². The molecule has 22 heavy (non-hydrogen) atoms. The number of carbonyl (C=O) groups excluding carboxylic acids is 2. The van der Waals surface area contributed by atoms with Gasteiger partial charge in [0.05, 0.1) is 18.8 Å². The topological polar surface area (TPSA) is 107 Å². The van der Waals surface area contributed by atoms with Gasteiger partial charge in [0.25, 0.3) is 0 Å². The van der Waals surface area contributed by atoms with Crippen LogP contribution in [0.25, 0.3) is 0 Å². The van der Waals surface area contributed by atoms with Crippen LogP contribution in [0, 0.1) is 5.92 Å². The highest BCUT2D eigenvalue weighted by molar-refractivity contribution is 7.89. The zero-order valence-electron chi connectivity index (χ0n) is 11.8. The minimum absolute atomic E-state index is 0.0780. The fourth-order valence-electron chi connectivity index (χ4n) is 2.33. The lowest BCUT2D eigenvalue weighted by Gasteiger charge is -2.29. The number of hydrogen-bond donors (Lipinski definition) is 1. The van der Waals surface area contributed by atoms with Crippen molar-refractivity contribution in [2.45, 2.75) is 32.0 Å². The normalized spacial score (nSPS) is 21.0. The molecule has 1 aliphatic rings. The number of esters is 1. The molecule has 1 amide bonds.